The van der Waals surface area contributed by atoms with Gasteiger partial charge in [-0.15, -0.1) is 5.10 Å². The van der Waals surface area contributed by atoms with Gasteiger partial charge in [0.25, 0.3) is 0 Å². The van der Waals surface area contributed by atoms with Crippen molar-refractivity contribution in [1.82, 2.24) is 19.6 Å². The van der Waals surface area contributed by atoms with Crippen LogP contribution in [0.1, 0.15) is 40.9 Å². The minimum atomic E-state index is -0.131. The van der Waals surface area contributed by atoms with E-state index in [1.165, 1.54) is 0 Å². The van der Waals surface area contributed by atoms with Crippen molar-refractivity contribution in [1.29, 1.82) is 0 Å². The quantitative estimate of drug-likeness (QED) is 0.200. The van der Waals surface area contributed by atoms with Crippen LogP contribution in [0.25, 0.3) is 16.4 Å². The molecule has 0 spiro atoms. The fourth-order valence-electron chi connectivity index (χ4n) is 5.11. The van der Waals surface area contributed by atoms with Gasteiger partial charge in [-0.1, -0.05) is 96.2 Å². The van der Waals surface area contributed by atoms with Crippen LogP contribution in [0.3, 0.4) is 0 Å². The Labute approximate surface area is 219 Å². The summed E-state index contributed by atoms with van der Waals surface area (Å²) >= 11 is 0. The molecule has 6 aromatic rings. The van der Waals surface area contributed by atoms with Crippen LogP contribution in [0.5, 0.6) is 11.6 Å². The summed E-state index contributed by atoms with van der Waals surface area (Å²) in [6.45, 7) is 2.05. The largest absolute Gasteiger partial charge is 0.438 e. The fourth-order valence-corrected chi connectivity index (χ4v) is 5.11. The highest BCUT2D eigenvalue weighted by Crippen LogP contribution is 2.50. The van der Waals surface area contributed by atoms with Crippen LogP contribution < -0.4 is 4.74 Å². The summed E-state index contributed by atoms with van der Waals surface area (Å²) in [5.41, 5.74) is 5.58. The topological polar surface area (TPSA) is 73.9 Å². The average molecular weight is 498 g/mol. The summed E-state index contributed by atoms with van der Waals surface area (Å²) < 4.78 is 8.07. The molecule has 7 heteroatoms. The molecule has 7 rings (SSSR count). The molecule has 184 valence electrons. The zero-order chi connectivity index (χ0) is 25.5. The first-order valence-electron chi connectivity index (χ1n) is 12.5. The SMILES string of the molecule is C/C(=N\OCc1nc2c3c(ncn2n1)Oc1ccc2ccccc2c1[C@@H]3c1ccccc1)c1ccccc1. The molecule has 0 fully saturated rings. The number of ether oxygens (including phenoxy) is 1. The van der Waals surface area contributed by atoms with Gasteiger partial charge >= 0.3 is 0 Å². The lowest BCUT2D eigenvalue weighted by Gasteiger charge is -2.29. The maximum Gasteiger partial charge on any atom is 0.228 e. The highest BCUT2D eigenvalue weighted by molar-refractivity contribution is 5.98. The van der Waals surface area contributed by atoms with Gasteiger partial charge in [-0.3, -0.25) is 0 Å². The van der Waals surface area contributed by atoms with E-state index < -0.39 is 0 Å². The molecule has 3 heterocycles. The minimum Gasteiger partial charge on any atom is -0.438 e. The molecule has 1 aliphatic rings. The standard InChI is InChI=1S/C31H23N5O2/c1-20(21-10-4-2-5-11-21)35-37-18-26-33-30-29-27(23-13-6-3-7-14-23)28-24-15-9-8-12-22(24)16-17-25(28)38-31(29)32-19-36(30)34-26/h2-17,19,27H,18H2,1H3/b35-20+/t27-/m0/s1. The third kappa shape index (κ3) is 3.76. The fraction of sp³-hybridized carbons (Fsp3) is 0.0968. The van der Waals surface area contributed by atoms with Crippen LogP contribution in [-0.2, 0) is 11.4 Å². The second-order valence-corrected chi connectivity index (χ2v) is 9.22. The zero-order valence-electron chi connectivity index (χ0n) is 20.7. The molecule has 1 atom stereocenters. The lowest BCUT2D eigenvalue weighted by atomic mass is 9.81. The average Bonchev–Trinajstić information content (AvgIpc) is 3.40. The van der Waals surface area contributed by atoms with Gasteiger partial charge in [0, 0.05) is 11.5 Å². The monoisotopic (exact) mass is 497 g/mol. The predicted molar refractivity (Wildman–Crippen MR) is 146 cm³/mol. The van der Waals surface area contributed by atoms with E-state index in [0.717, 1.165) is 44.5 Å². The van der Waals surface area contributed by atoms with E-state index in [9.17, 15) is 0 Å². The smallest absolute Gasteiger partial charge is 0.228 e. The highest BCUT2D eigenvalue weighted by Gasteiger charge is 2.34. The molecule has 0 saturated carbocycles. The summed E-state index contributed by atoms with van der Waals surface area (Å²) in [5, 5.41) is 11.2. The van der Waals surface area contributed by atoms with E-state index in [2.05, 4.69) is 69.8 Å². The first-order chi connectivity index (χ1) is 18.8. The van der Waals surface area contributed by atoms with Gasteiger partial charge in [-0.05, 0) is 34.9 Å². The molecule has 1 aliphatic heterocycles. The third-order valence-electron chi connectivity index (χ3n) is 6.87. The third-order valence-corrected chi connectivity index (χ3v) is 6.87. The number of oxime groups is 1. The Hall–Kier alpha value is -5.04. The summed E-state index contributed by atoms with van der Waals surface area (Å²) in [4.78, 5) is 15.1. The minimum absolute atomic E-state index is 0.131. The Kier molecular flexibility index (Phi) is 5.32. The van der Waals surface area contributed by atoms with Crippen LogP contribution in [-0.4, -0.2) is 25.3 Å². The molecule has 0 aliphatic carbocycles. The number of benzene rings is 4. The molecule has 4 aromatic carbocycles. The van der Waals surface area contributed by atoms with Gasteiger partial charge in [-0.25, -0.2) is 14.5 Å². The van der Waals surface area contributed by atoms with Gasteiger partial charge in [0.05, 0.1) is 11.3 Å². The first kappa shape index (κ1) is 22.2. The summed E-state index contributed by atoms with van der Waals surface area (Å²) in [6, 6.07) is 32.8. The van der Waals surface area contributed by atoms with Crippen molar-refractivity contribution in [2.45, 2.75) is 19.4 Å². The number of hydrogen-bond donors (Lipinski definition) is 0. The lowest BCUT2D eigenvalue weighted by molar-refractivity contribution is 0.125. The molecule has 0 amide bonds. The maximum atomic E-state index is 6.37. The van der Waals surface area contributed by atoms with Crippen LogP contribution in [0, 0.1) is 0 Å². The van der Waals surface area contributed by atoms with Crippen molar-refractivity contribution in [2.75, 3.05) is 0 Å². The van der Waals surface area contributed by atoms with E-state index in [1.54, 1.807) is 10.8 Å². The van der Waals surface area contributed by atoms with E-state index in [1.807, 2.05) is 49.4 Å². The first-order valence-corrected chi connectivity index (χ1v) is 12.5. The molecule has 2 aromatic heterocycles. The molecule has 0 N–H and O–H groups in total. The van der Waals surface area contributed by atoms with E-state index >= 15 is 0 Å². The van der Waals surface area contributed by atoms with Crippen molar-refractivity contribution >= 4 is 22.1 Å². The highest BCUT2D eigenvalue weighted by atomic mass is 16.6. The molecular weight excluding hydrogens is 474 g/mol. The molecule has 0 saturated heterocycles. The molecule has 0 bridgehead atoms. The molecule has 7 nitrogen and oxygen atoms in total. The van der Waals surface area contributed by atoms with Crippen molar-refractivity contribution in [2.24, 2.45) is 5.16 Å². The van der Waals surface area contributed by atoms with Gasteiger partial charge in [0.15, 0.2) is 18.1 Å². The van der Waals surface area contributed by atoms with Crippen molar-refractivity contribution in [3.8, 4) is 11.6 Å². The van der Waals surface area contributed by atoms with Gasteiger partial charge in [0.1, 0.15) is 12.1 Å². The van der Waals surface area contributed by atoms with E-state index in [-0.39, 0.29) is 12.5 Å². The summed E-state index contributed by atoms with van der Waals surface area (Å²) in [7, 11) is 0. The van der Waals surface area contributed by atoms with Crippen molar-refractivity contribution in [3.63, 3.8) is 0 Å². The van der Waals surface area contributed by atoms with Crippen LogP contribution in [0.15, 0.2) is 109 Å². The Morgan fingerprint density at radius 2 is 1.66 bits per heavy atom. The second-order valence-electron chi connectivity index (χ2n) is 9.22. The normalized spacial score (nSPS) is 14.7. The van der Waals surface area contributed by atoms with Crippen LogP contribution in [0.2, 0.25) is 0 Å². The number of nitrogens with zero attached hydrogens (tertiary/aromatic N) is 5. The number of fused-ring (bicyclic) bond motifs is 6. The van der Waals surface area contributed by atoms with E-state index in [4.69, 9.17) is 14.6 Å². The van der Waals surface area contributed by atoms with Crippen molar-refractivity contribution < 1.29 is 9.57 Å². The van der Waals surface area contributed by atoms with E-state index in [0.29, 0.717) is 17.4 Å². The Balaban J connectivity index is 1.33. The molecular formula is C31H23N5O2. The zero-order valence-corrected chi connectivity index (χ0v) is 20.7. The predicted octanol–water partition coefficient (Wildman–Crippen LogP) is 6.50. The number of rotatable bonds is 5. The Bertz CT molecular complexity index is 1810. The van der Waals surface area contributed by atoms with Crippen LogP contribution >= 0.6 is 0 Å². The van der Waals surface area contributed by atoms with Gasteiger partial charge < -0.3 is 9.57 Å². The maximum absolute atomic E-state index is 6.37. The number of hydrogen-bond acceptors (Lipinski definition) is 6. The summed E-state index contributed by atoms with van der Waals surface area (Å²) in [6.07, 6.45) is 1.64. The molecule has 0 radical (unpaired) electrons. The number of aromatic nitrogens is 4. The van der Waals surface area contributed by atoms with Crippen molar-refractivity contribution in [3.05, 3.63) is 131 Å². The lowest BCUT2D eigenvalue weighted by Crippen LogP contribution is -2.15. The summed E-state index contributed by atoms with van der Waals surface area (Å²) in [5.74, 6) is 1.72. The van der Waals surface area contributed by atoms with Gasteiger partial charge in [0.2, 0.25) is 5.88 Å². The van der Waals surface area contributed by atoms with Gasteiger partial charge in [-0.2, -0.15) is 0 Å². The Morgan fingerprint density at radius 3 is 2.50 bits per heavy atom. The molecule has 0 unspecified atom stereocenters. The van der Waals surface area contributed by atoms with Crippen LogP contribution in [0.4, 0.5) is 0 Å². The second kappa shape index (κ2) is 9.12. The Morgan fingerprint density at radius 1 is 0.895 bits per heavy atom. The molecule has 38 heavy (non-hydrogen) atoms.